The lowest BCUT2D eigenvalue weighted by atomic mass is 9.93. The first-order chi connectivity index (χ1) is 18.1. The molecule has 0 N–H and O–H groups in total. The third-order valence-electron chi connectivity index (χ3n) is 6.79. The second-order valence-electron chi connectivity index (χ2n) is 9.12. The van der Waals surface area contributed by atoms with E-state index < -0.39 is 0 Å². The van der Waals surface area contributed by atoms with Gasteiger partial charge in [0.05, 0.1) is 24.3 Å². The number of fused-ring (bicyclic) bond motifs is 2. The summed E-state index contributed by atoms with van der Waals surface area (Å²) in [5.41, 5.74) is 7.05. The number of halogens is 1. The van der Waals surface area contributed by atoms with Crippen molar-refractivity contribution < 1.29 is 9.53 Å². The van der Waals surface area contributed by atoms with Gasteiger partial charge in [-0.3, -0.25) is 4.79 Å². The summed E-state index contributed by atoms with van der Waals surface area (Å²) < 4.78 is 7.55. The molecule has 6 rings (SSSR count). The molecule has 3 aromatic heterocycles. The number of carbonyl (C=O) groups is 1. The fourth-order valence-electron chi connectivity index (χ4n) is 5.25. The minimum absolute atomic E-state index is 0.0370. The van der Waals surface area contributed by atoms with Gasteiger partial charge >= 0.3 is 5.97 Å². The van der Waals surface area contributed by atoms with Crippen LogP contribution >= 0.6 is 11.6 Å². The van der Waals surface area contributed by atoms with E-state index in [0.29, 0.717) is 22.9 Å². The SMILES string of the molecule is CC(=O)OC[C@H]1C[C@@H](Cn2cnc3c(Cl)ncnc32)c2c(-c3ccccc3)nnc(-c3ccccc3)c21. The third kappa shape index (κ3) is 4.34. The second-order valence-corrected chi connectivity index (χ2v) is 9.48. The van der Waals surface area contributed by atoms with E-state index in [4.69, 9.17) is 26.5 Å². The van der Waals surface area contributed by atoms with Gasteiger partial charge in [0.15, 0.2) is 10.8 Å². The first-order valence-corrected chi connectivity index (χ1v) is 12.4. The predicted molar refractivity (Wildman–Crippen MR) is 140 cm³/mol. The highest BCUT2D eigenvalue weighted by molar-refractivity contribution is 6.33. The zero-order valence-electron chi connectivity index (χ0n) is 20.1. The van der Waals surface area contributed by atoms with E-state index in [-0.39, 0.29) is 24.4 Å². The van der Waals surface area contributed by atoms with Gasteiger partial charge in [0.2, 0.25) is 0 Å². The molecule has 2 atom stereocenters. The van der Waals surface area contributed by atoms with E-state index in [0.717, 1.165) is 40.1 Å². The second kappa shape index (κ2) is 9.71. The van der Waals surface area contributed by atoms with E-state index in [1.54, 1.807) is 6.33 Å². The van der Waals surface area contributed by atoms with Crippen molar-refractivity contribution in [3.63, 3.8) is 0 Å². The van der Waals surface area contributed by atoms with Crippen LogP contribution in [-0.4, -0.2) is 42.3 Å². The molecule has 5 aromatic rings. The molecule has 0 unspecified atom stereocenters. The summed E-state index contributed by atoms with van der Waals surface area (Å²) in [5, 5.41) is 9.80. The van der Waals surface area contributed by atoms with Gasteiger partial charge in [-0.2, -0.15) is 0 Å². The number of hydrogen-bond donors (Lipinski definition) is 0. The third-order valence-corrected chi connectivity index (χ3v) is 7.07. The van der Waals surface area contributed by atoms with Crippen molar-refractivity contribution in [1.82, 2.24) is 29.7 Å². The van der Waals surface area contributed by atoms with Crippen molar-refractivity contribution in [2.45, 2.75) is 31.7 Å². The Morgan fingerprint density at radius 2 is 1.54 bits per heavy atom. The first kappa shape index (κ1) is 23.2. The Morgan fingerprint density at radius 3 is 2.16 bits per heavy atom. The minimum Gasteiger partial charge on any atom is -0.465 e. The molecule has 1 aliphatic rings. The molecule has 0 aliphatic heterocycles. The van der Waals surface area contributed by atoms with Gasteiger partial charge in [-0.1, -0.05) is 72.3 Å². The van der Waals surface area contributed by atoms with Crippen LogP contribution < -0.4 is 0 Å². The molecular weight excluding hydrogens is 488 g/mol. The standard InChI is InChI=1S/C28H23ClN6O2/c1-17(36)37-14-21-12-20(13-35-16-32-26-27(29)30-15-31-28(26)35)22-23(21)25(19-10-6-3-7-11-19)34-33-24(22)18-8-4-2-5-9-18/h2-11,15-16,20-21H,12-14H2,1H3/t20-,21+/m0/s1. The molecule has 184 valence electrons. The molecule has 0 bridgehead atoms. The number of esters is 1. The maximum Gasteiger partial charge on any atom is 0.302 e. The van der Waals surface area contributed by atoms with Crippen LogP contribution in [0.15, 0.2) is 73.3 Å². The molecule has 3 heterocycles. The van der Waals surface area contributed by atoms with Crippen LogP contribution in [0.1, 0.15) is 36.3 Å². The molecule has 37 heavy (non-hydrogen) atoms. The molecule has 0 amide bonds. The smallest absolute Gasteiger partial charge is 0.302 e. The van der Waals surface area contributed by atoms with Crippen LogP contribution in [0.4, 0.5) is 0 Å². The molecule has 0 saturated heterocycles. The van der Waals surface area contributed by atoms with Crippen LogP contribution in [0.5, 0.6) is 0 Å². The van der Waals surface area contributed by atoms with Crippen molar-refractivity contribution in [3.05, 3.63) is 89.6 Å². The molecule has 8 nitrogen and oxygen atoms in total. The maximum atomic E-state index is 11.8. The van der Waals surface area contributed by atoms with Crippen molar-refractivity contribution in [3.8, 4) is 22.5 Å². The Bertz CT molecular complexity index is 1590. The normalized spacial score (nSPS) is 16.6. The highest BCUT2D eigenvalue weighted by Gasteiger charge is 2.38. The van der Waals surface area contributed by atoms with E-state index in [9.17, 15) is 4.79 Å². The summed E-state index contributed by atoms with van der Waals surface area (Å²) in [4.78, 5) is 24.7. The Kier molecular flexibility index (Phi) is 6.10. The van der Waals surface area contributed by atoms with Crippen LogP contribution in [0.25, 0.3) is 33.7 Å². The Hall–Kier alpha value is -4.17. The van der Waals surface area contributed by atoms with E-state index in [1.165, 1.54) is 13.3 Å². The van der Waals surface area contributed by atoms with Gasteiger partial charge in [-0.15, -0.1) is 10.2 Å². The average molecular weight is 511 g/mol. The number of aromatic nitrogens is 6. The highest BCUT2D eigenvalue weighted by Crippen LogP contribution is 2.49. The number of ether oxygens (including phenoxy) is 1. The molecule has 0 saturated carbocycles. The zero-order chi connectivity index (χ0) is 25.4. The number of benzene rings is 2. The summed E-state index contributed by atoms with van der Waals surface area (Å²) in [5.74, 6) is -0.288. The Labute approximate surface area is 218 Å². The minimum atomic E-state index is -0.302. The summed E-state index contributed by atoms with van der Waals surface area (Å²) in [6.45, 7) is 2.32. The summed E-state index contributed by atoms with van der Waals surface area (Å²) in [6.07, 6.45) is 3.96. The van der Waals surface area contributed by atoms with Crippen LogP contribution in [0, 0.1) is 0 Å². The Balaban J connectivity index is 1.53. The van der Waals surface area contributed by atoms with E-state index >= 15 is 0 Å². The van der Waals surface area contributed by atoms with Crippen molar-refractivity contribution in [2.24, 2.45) is 0 Å². The molecular formula is C28H23ClN6O2. The van der Waals surface area contributed by atoms with Gasteiger partial charge in [-0.25, -0.2) is 15.0 Å². The fourth-order valence-corrected chi connectivity index (χ4v) is 5.42. The van der Waals surface area contributed by atoms with Gasteiger partial charge < -0.3 is 9.30 Å². The van der Waals surface area contributed by atoms with Gasteiger partial charge in [0, 0.05) is 36.4 Å². The highest BCUT2D eigenvalue weighted by atomic mass is 35.5. The van der Waals surface area contributed by atoms with Gasteiger partial charge in [-0.05, 0) is 17.5 Å². The quantitative estimate of drug-likeness (QED) is 0.222. The Morgan fingerprint density at radius 1 is 0.919 bits per heavy atom. The van der Waals surface area contributed by atoms with Crippen LogP contribution in [-0.2, 0) is 16.1 Å². The zero-order valence-corrected chi connectivity index (χ0v) is 20.8. The van der Waals surface area contributed by atoms with Crippen LogP contribution in [0.3, 0.4) is 0 Å². The number of hydrogen-bond acceptors (Lipinski definition) is 7. The number of nitrogens with zero attached hydrogens (tertiary/aromatic N) is 6. The lowest BCUT2D eigenvalue weighted by Crippen LogP contribution is -2.10. The lowest BCUT2D eigenvalue weighted by Gasteiger charge is -2.18. The van der Waals surface area contributed by atoms with Crippen LogP contribution in [0.2, 0.25) is 5.15 Å². The van der Waals surface area contributed by atoms with Gasteiger partial charge in [0.1, 0.15) is 11.8 Å². The molecule has 0 radical (unpaired) electrons. The molecule has 1 aliphatic carbocycles. The van der Waals surface area contributed by atoms with Gasteiger partial charge in [0.25, 0.3) is 0 Å². The van der Waals surface area contributed by atoms with Crippen molar-refractivity contribution >= 4 is 28.7 Å². The molecule has 2 aromatic carbocycles. The summed E-state index contributed by atoms with van der Waals surface area (Å²) in [6, 6.07) is 20.1. The molecule has 0 spiro atoms. The monoisotopic (exact) mass is 510 g/mol. The maximum absolute atomic E-state index is 11.8. The predicted octanol–water partition coefficient (Wildman–Crippen LogP) is 5.44. The summed E-state index contributed by atoms with van der Waals surface area (Å²) >= 11 is 6.26. The largest absolute Gasteiger partial charge is 0.465 e. The summed E-state index contributed by atoms with van der Waals surface area (Å²) in [7, 11) is 0. The van der Waals surface area contributed by atoms with E-state index in [1.807, 2.05) is 65.2 Å². The van der Waals surface area contributed by atoms with Crippen molar-refractivity contribution in [1.29, 1.82) is 0 Å². The topological polar surface area (TPSA) is 95.7 Å². The van der Waals surface area contributed by atoms with Crippen molar-refractivity contribution in [2.75, 3.05) is 6.61 Å². The first-order valence-electron chi connectivity index (χ1n) is 12.1. The molecule has 0 fully saturated rings. The average Bonchev–Trinajstić information content (AvgIpc) is 3.51. The number of carbonyl (C=O) groups excluding carboxylic acids is 1. The molecule has 9 heteroatoms. The number of imidazole rings is 1. The number of rotatable bonds is 6. The fraction of sp³-hybridized carbons (Fsp3) is 0.214. The van der Waals surface area contributed by atoms with E-state index in [2.05, 4.69) is 15.0 Å². The lowest BCUT2D eigenvalue weighted by molar-refractivity contribution is -0.141.